The van der Waals surface area contributed by atoms with Gasteiger partial charge in [-0.15, -0.1) is 0 Å². The summed E-state index contributed by atoms with van der Waals surface area (Å²) in [6.45, 7) is 9.42. The number of piperazine rings is 2. The van der Waals surface area contributed by atoms with Crippen LogP contribution in [0.2, 0.25) is 0 Å². The molecule has 130 valence electrons. The van der Waals surface area contributed by atoms with Crippen LogP contribution in [0, 0.1) is 0 Å². The SMILES string of the molecule is c1nc(N2CCN3CCC[C@H]3C2)cc(N2CCN3CCC[C@H]3C2)n1. The lowest BCUT2D eigenvalue weighted by atomic mass is 10.1. The van der Waals surface area contributed by atoms with E-state index in [0.29, 0.717) is 0 Å². The number of hydrogen-bond donors (Lipinski definition) is 0. The second-order valence-electron chi connectivity index (χ2n) is 7.79. The Bertz CT molecular complexity index is 545. The Hall–Kier alpha value is -1.40. The second-order valence-corrected chi connectivity index (χ2v) is 7.79. The summed E-state index contributed by atoms with van der Waals surface area (Å²) in [4.78, 5) is 19.4. The van der Waals surface area contributed by atoms with Crippen molar-refractivity contribution in [3.63, 3.8) is 0 Å². The van der Waals surface area contributed by atoms with Gasteiger partial charge in [-0.25, -0.2) is 9.97 Å². The maximum Gasteiger partial charge on any atom is 0.134 e. The Morgan fingerprint density at radius 3 is 1.79 bits per heavy atom. The van der Waals surface area contributed by atoms with Crippen LogP contribution in [0.3, 0.4) is 0 Å². The van der Waals surface area contributed by atoms with Crippen molar-refractivity contribution in [2.45, 2.75) is 37.8 Å². The molecule has 0 unspecified atom stereocenters. The average Bonchev–Trinajstić information content (AvgIpc) is 3.29. The van der Waals surface area contributed by atoms with Gasteiger partial charge in [0.25, 0.3) is 0 Å². The third kappa shape index (κ3) is 2.65. The van der Waals surface area contributed by atoms with Crippen molar-refractivity contribution in [3.05, 3.63) is 12.4 Å². The molecule has 6 heteroatoms. The molecule has 4 aliphatic heterocycles. The quantitative estimate of drug-likeness (QED) is 0.808. The van der Waals surface area contributed by atoms with Crippen molar-refractivity contribution in [1.29, 1.82) is 0 Å². The summed E-state index contributed by atoms with van der Waals surface area (Å²) in [7, 11) is 0. The molecule has 5 rings (SSSR count). The van der Waals surface area contributed by atoms with Crippen molar-refractivity contribution < 1.29 is 0 Å². The summed E-state index contributed by atoms with van der Waals surface area (Å²) < 4.78 is 0. The molecule has 0 N–H and O–H groups in total. The minimum absolute atomic E-state index is 0.735. The van der Waals surface area contributed by atoms with Crippen LogP contribution in [0.5, 0.6) is 0 Å². The average molecular weight is 328 g/mol. The molecule has 1 aromatic rings. The number of nitrogens with zero attached hydrogens (tertiary/aromatic N) is 6. The van der Waals surface area contributed by atoms with E-state index in [-0.39, 0.29) is 0 Å². The highest BCUT2D eigenvalue weighted by Crippen LogP contribution is 2.28. The second kappa shape index (κ2) is 6.15. The largest absolute Gasteiger partial charge is 0.354 e. The Balaban J connectivity index is 1.31. The van der Waals surface area contributed by atoms with Gasteiger partial charge in [0.2, 0.25) is 0 Å². The summed E-state index contributed by atoms with van der Waals surface area (Å²) in [5.74, 6) is 2.25. The highest BCUT2D eigenvalue weighted by atomic mass is 15.3. The van der Waals surface area contributed by atoms with Crippen molar-refractivity contribution in [2.24, 2.45) is 0 Å². The van der Waals surface area contributed by atoms with Gasteiger partial charge in [0, 0.05) is 57.4 Å². The van der Waals surface area contributed by atoms with Crippen LogP contribution < -0.4 is 9.80 Å². The monoisotopic (exact) mass is 328 g/mol. The lowest BCUT2D eigenvalue weighted by Gasteiger charge is -2.39. The fourth-order valence-corrected chi connectivity index (χ4v) is 5.08. The molecule has 4 saturated heterocycles. The minimum Gasteiger partial charge on any atom is -0.354 e. The predicted octanol–water partition coefficient (Wildman–Crippen LogP) is 1.05. The molecule has 0 radical (unpaired) electrons. The fraction of sp³-hybridized carbons (Fsp3) is 0.778. The maximum absolute atomic E-state index is 4.60. The molecule has 0 aromatic carbocycles. The number of aromatic nitrogens is 2. The first-order chi connectivity index (χ1) is 11.9. The Kier molecular flexibility index (Phi) is 3.82. The summed E-state index contributed by atoms with van der Waals surface area (Å²) >= 11 is 0. The Morgan fingerprint density at radius 1 is 0.708 bits per heavy atom. The fourth-order valence-electron chi connectivity index (χ4n) is 5.08. The van der Waals surface area contributed by atoms with Gasteiger partial charge in [-0.1, -0.05) is 0 Å². The van der Waals surface area contributed by atoms with Crippen LogP contribution in [0.15, 0.2) is 12.4 Å². The molecular weight excluding hydrogens is 300 g/mol. The van der Waals surface area contributed by atoms with E-state index in [1.54, 1.807) is 6.33 Å². The molecule has 4 fully saturated rings. The third-order valence-electron chi connectivity index (χ3n) is 6.46. The Morgan fingerprint density at radius 2 is 1.25 bits per heavy atom. The number of fused-ring (bicyclic) bond motifs is 2. The van der Waals surface area contributed by atoms with E-state index < -0.39 is 0 Å². The van der Waals surface area contributed by atoms with E-state index in [9.17, 15) is 0 Å². The maximum atomic E-state index is 4.60. The van der Waals surface area contributed by atoms with E-state index in [4.69, 9.17) is 0 Å². The molecule has 0 saturated carbocycles. The lowest BCUT2D eigenvalue weighted by Crippen LogP contribution is -2.51. The zero-order chi connectivity index (χ0) is 15.9. The van der Waals surface area contributed by atoms with Gasteiger partial charge < -0.3 is 9.80 Å². The molecule has 0 amide bonds. The first-order valence-electron chi connectivity index (χ1n) is 9.67. The van der Waals surface area contributed by atoms with Crippen LogP contribution >= 0.6 is 0 Å². The van der Waals surface area contributed by atoms with Crippen molar-refractivity contribution in [2.75, 3.05) is 62.2 Å². The van der Waals surface area contributed by atoms with Crippen LogP contribution in [-0.4, -0.2) is 84.2 Å². The van der Waals surface area contributed by atoms with E-state index in [2.05, 4.69) is 35.6 Å². The standard InChI is InChI=1S/C18H28N6/c1-3-15-12-23(9-7-21(15)5-1)17-11-18(20-14-19-17)24-10-8-22-6-2-4-16(22)13-24/h11,14-16H,1-10,12-13H2/t15-,16-/m0/s1. The molecule has 5 heterocycles. The minimum atomic E-state index is 0.735. The zero-order valence-corrected chi connectivity index (χ0v) is 14.5. The van der Waals surface area contributed by atoms with Crippen LogP contribution in [0.4, 0.5) is 11.6 Å². The molecule has 4 aliphatic rings. The molecule has 0 spiro atoms. The smallest absolute Gasteiger partial charge is 0.134 e. The molecule has 24 heavy (non-hydrogen) atoms. The highest BCUT2D eigenvalue weighted by Gasteiger charge is 2.33. The van der Waals surface area contributed by atoms with Crippen molar-refractivity contribution >= 4 is 11.6 Å². The predicted molar refractivity (Wildman–Crippen MR) is 95.6 cm³/mol. The molecular formula is C18H28N6. The van der Waals surface area contributed by atoms with Gasteiger partial charge in [0.15, 0.2) is 0 Å². The van der Waals surface area contributed by atoms with Crippen molar-refractivity contribution in [3.8, 4) is 0 Å². The van der Waals surface area contributed by atoms with Gasteiger partial charge in [-0.2, -0.15) is 0 Å². The molecule has 1 aromatic heterocycles. The molecule has 0 bridgehead atoms. The van der Waals surface area contributed by atoms with E-state index in [1.165, 1.54) is 51.9 Å². The molecule has 6 nitrogen and oxygen atoms in total. The molecule has 2 atom stereocenters. The normalized spacial score (nSPS) is 31.3. The first-order valence-corrected chi connectivity index (χ1v) is 9.67. The van der Waals surface area contributed by atoms with Gasteiger partial charge in [0.05, 0.1) is 0 Å². The first kappa shape index (κ1) is 14.9. The van der Waals surface area contributed by atoms with Gasteiger partial charge >= 0.3 is 0 Å². The van der Waals surface area contributed by atoms with Gasteiger partial charge in [-0.05, 0) is 38.8 Å². The Labute approximate surface area is 144 Å². The summed E-state index contributed by atoms with van der Waals surface area (Å²) in [6.07, 6.45) is 7.18. The lowest BCUT2D eigenvalue weighted by molar-refractivity contribution is 0.229. The summed E-state index contributed by atoms with van der Waals surface area (Å²) in [5, 5.41) is 0. The summed E-state index contributed by atoms with van der Waals surface area (Å²) in [5.41, 5.74) is 0. The number of rotatable bonds is 2. The topological polar surface area (TPSA) is 38.7 Å². The van der Waals surface area contributed by atoms with Crippen LogP contribution in [-0.2, 0) is 0 Å². The third-order valence-corrected chi connectivity index (χ3v) is 6.46. The van der Waals surface area contributed by atoms with Crippen LogP contribution in [0.25, 0.3) is 0 Å². The van der Waals surface area contributed by atoms with Crippen LogP contribution in [0.1, 0.15) is 25.7 Å². The number of hydrogen-bond acceptors (Lipinski definition) is 6. The van der Waals surface area contributed by atoms with Gasteiger partial charge in [-0.3, -0.25) is 9.80 Å². The van der Waals surface area contributed by atoms with E-state index in [1.807, 2.05) is 0 Å². The zero-order valence-electron chi connectivity index (χ0n) is 14.5. The van der Waals surface area contributed by atoms with E-state index >= 15 is 0 Å². The van der Waals surface area contributed by atoms with Crippen molar-refractivity contribution in [1.82, 2.24) is 19.8 Å². The summed E-state index contributed by atoms with van der Waals surface area (Å²) in [6, 6.07) is 3.70. The highest BCUT2D eigenvalue weighted by molar-refractivity contribution is 5.51. The van der Waals surface area contributed by atoms with Gasteiger partial charge in [0.1, 0.15) is 18.0 Å². The van der Waals surface area contributed by atoms with E-state index in [0.717, 1.165) is 49.9 Å². The number of anilines is 2. The molecule has 0 aliphatic carbocycles.